The van der Waals surface area contributed by atoms with Crippen molar-refractivity contribution >= 4 is 5.57 Å². The first-order chi connectivity index (χ1) is 14.0. The first-order valence-corrected chi connectivity index (χ1v) is 9.88. The van der Waals surface area contributed by atoms with E-state index in [2.05, 4.69) is 21.6 Å². The summed E-state index contributed by atoms with van der Waals surface area (Å²) in [6.07, 6.45) is 5.43. The van der Waals surface area contributed by atoms with Crippen LogP contribution in [0.3, 0.4) is 0 Å². The molecule has 1 aliphatic carbocycles. The van der Waals surface area contributed by atoms with Crippen LogP contribution < -0.4 is 9.47 Å². The fourth-order valence-electron chi connectivity index (χ4n) is 4.13. The monoisotopic (exact) mass is 406 g/mol. The minimum Gasteiger partial charge on any atom is -0.489 e. The Morgan fingerprint density at radius 3 is 2.69 bits per heavy atom. The molecule has 4 nitrogen and oxygen atoms in total. The molecule has 1 unspecified atom stereocenters. The highest BCUT2D eigenvalue weighted by Gasteiger charge is 2.28. The molecule has 1 saturated heterocycles. The van der Waals surface area contributed by atoms with Crippen LogP contribution in [0.4, 0.5) is 13.2 Å². The molecule has 3 aliphatic rings. The Balaban J connectivity index is 1.69. The fourth-order valence-corrected chi connectivity index (χ4v) is 4.13. The van der Waals surface area contributed by atoms with Crippen molar-refractivity contribution in [1.29, 1.82) is 0 Å². The molecule has 1 aromatic carbocycles. The lowest BCUT2D eigenvalue weighted by Crippen LogP contribution is -2.45. The number of ether oxygens (including phenoxy) is 2. The first-order valence-electron chi connectivity index (χ1n) is 9.88. The van der Waals surface area contributed by atoms with Crippen molar-refractivity contribution in [2.24, 2.45) is 5.92 Å². The molecule has 0 spiro atoms. The second-order valence-electron chi connectivity index (χ2n) is 7.71. The predicted molar refractivity (Wildman–Crippen MR) is 106 cm³/mol. The van der Waals surface area contributed by atoms with Gasteiger partial charge in [-0.1, -0.05) is 6.08 Å². The van der Waals surface area contributed by atoms with Crippen molar-refractivity contribution in [1.82, 2.24) is 9.80 Å². The van der Waals surface area contributed by atoms with Crippen LogP contribution in [0, 0.1) is 5.92 Å². The van der Waals surface area contributed by atoms with Crippen LogP contribution in [0.1, 0.15) is 12.0 Å². The number of rotatable bonds is 5. The fraction of sp³-hybridized carbons (Fsp3) is 0.455. The molecule has 156 valence electrons. The van der Waals surface area contributed by atoms with Crippen LogP contribution in [0.15, 0.2) is 47.8 Å². The van der Waals surface area contributed by atoms with Gasteiger partial charge in [-0.05, 0) is 55.0 Å². The van der Waals surface area contributed by atoms with Crippen LogP contribution in [-0.2, 0) is 0 Å². The van der Waals surface area contributed by atoms with Gasteiger partial charge < -0.3 is 14.4 Å². The van der Waals surface area contributed by atoms with E-state index in [0.717, 1.165) is 49.4 Å². The van der Waals surface area contributed by atoms with Gasteiger partial charge in [0, 0.05) is 44.2 Å². The van der Waals surface area contributed by atoms with Crippen LogP contribution in [0.2, 0.25) is 0 Å². The second-order valence-corrected chi connectivity index (χ2v) is 7.71. The zero-order valence-corrected chi connectivity index (χ0v) is 16.4. The smallest absolute Gasteiger partial charge is 0.387 e. The molecule has 1 atom stereocenters. The average molecular weight is 406 g/mol. The van der Waals surface area contributed by atoms with Crippen LogP contribution >= 0.6 is 0 Å². The Labute approximate surface area is 168 Å². The van der Waals surface area contributed by atoms with Gasteiger partial charge in [0.15, 0.2) is 0 Å². The van der Waals surface area contributed by atoms with Gasteiger partial charge in [0.1, 0.15) is 23.9 Å². The van der Waals surface area contributed by atoms with E-state index in [9.17, 15) is 13.2 Å². The second kappa shape index (κ2) is 8.63. The highest BCUT2D eigenvalue weighted by atomic mass is 19.3. The maximum Gasteiger partial charge on any atom is 0.387 e. The lowest BCUT2D eigenvalue weighted by molar-refractivity contribution is -0.0498. The molecule has 7 heteroatoms. The maximum atomic E-state index is 13.6. The SMILES string of the molecule is CN1CCN(CC2=C(C3C=CC(F)=CC3)c3cc(OC(F)F)ccc3OC2)CC1. The molecule has 0 radical (unpaired) electrons. The van der Waals surface area contributed by atoms with Crippen LogP contribution in [0.25, 0.3) is 5.57 Å². The van der Waals surface area contributed by atoms with E-state index >= 15 is 0 Å². The van der Waals surface area contributed by atoms with Gasteiger partial charge in [-0.15, -0.1) is 0 Å². The summed E-state index contributed by atoms with van der Waals surface area (Å²) in [6.45, 7) is 2.24. The summed E-state index contributed by atoms with van der Waals surface area (Å²) in [5.74, 6) is 0.473. The van der Waals surface area contributed by atoms with Gasteiger partial charge in [0.25, 0.3) is 0 Å². The van der Waals surface area contributed by atoms with Crippen molar-refractivity contribution < 1.29 is 22.6 Å². The average Bonchev–Trinajstić information content (AvgIpc) is 2.70. The number of likely N-dealkylation sites (N-methyl/N-ethyl adjacent to an activating group) is 1. The zero-order chi connectivity index (χ0) is 20.4. The van der Waals surface area contributed by atoms with E-state index in [1.807, 2.05) is 6.08 Å². The lowest BCUT2D eigenvalue weighted by Gasteiger charge is -2.35. The zero-order valence-electron chi connectivity index (χ0n) is 16.4. The minimum atomic E-state index is -2.89. The highest BCUT2D eigenvalue weighted by Crippen LogP contribution is 2.42. The summed E-state index contributed by atoms with van der Waals surface area (Å²) in [5, 5.41) is 0. The van der Waals surface area contributed by atoms with Gasteiger partial charge in [0.05, 0.1) is 0 Å². The van der Waals surface area contributed by atoms with Crippen molar-refractivity contribution in [2.75, 3.05) is 46.4 Å². The maximum absolute atomic E-state index is 13.6. The Morgan fingerprint density at radius 1 is 1.21 bits per heavy atom. The lowest BCUT2D eigenvalue weighted by atomic mass is 9.82. The number of fused-ring (bicyclic) bond motifs is 1. The number of alkyl halides is 2. The Morgan fingerprint density at radius 2 is 2.00 bits per heavy atom. The molecule has 1 aromatic rings. The molecule has 0 N–H and O–H groups in total. The van der Waals surface area contributed by atoms with E-state index in [1.165, 1.54) is 12.1 Å². The van der Waals surface area contributed by atoms with Gasteiger partial charge in [-0.25, -0.2) is 4.39 Å². The Kier molecular flexibility index (Phi) is 5.96. The summed E-state index contributed by atoms with van der Waals surface area (Å²) in [4.78, 5) is 4.68. The number of hydrogen-bond donors (Lipinski definition) is 0. The number of nitrogens with zero attached hydrogens (tertiary/aromatic N) is 2. The molecule has 0 aromatic heterocycles. The van der Waals surface area contributed by atoms with Gasteiger partial charge in [-0.2, -0.15) is 8.78 Å². The van der Waals surface area contributed by atoms with E-state index in [4.69, 9.17) is 4.74 Å². The first kappa shape index (κ1) is 20.0. The molecule has 4 rings (SSSR count). The molecule has 1 fully saturated rings. The van der Waals surface area contributed by atoms with Crippen LogP contribution in [0.5, 0.6) is 11.5 Å². The standard InChI is InChI=1S/C22H25F3N2O2/c1-26-8-10-27(11-9-26)13-16-14-28-20-7-6-18(29-22(24)25)12-19(20)21(16)15-2-4-17(23)5-3-15/h2,4-7,12,15,22H,3,8-11,13-14H2,1H3. The van der Waals surface area contributed by atoms with Gasteiger partial charge >= 0.3 is 6.61 Å². The highest BCUT2D eigenvalue weighted by molar-refractivity contribution is 5.79. The number of allylic oxidation sites excluding steroid dienone is 5. The molecule has 0 bridgehead atoms. The Hall–Kier alpha value is -2.25. The van der Waals surface area contributed by atoms with Crippen molar-refractivity contribution in [3.05, 3.63) is 53.4 Å². The molecule has 29 heavy (non-hydrogen) atoms. The predicted octanol–water partition coefficient (Wildman–Crippen LogP) is 4.11. The molecule has 0 amide bonds. The summed E-state index contributed by atoms with van der Waals surface area (Å²) in [7, 11) is 2.11. The third kappa shape index (κ3) is 4.67. The van der Waals surface area contributed by atoms with Crippen molar-refractivity contribution in [3.63, 3.8) is 0 Å². The Bertz CT molecular complexity index is 842. The number of halogens is 3. The molecule has 2 heterocycles. The molecule has 2 aliphatic heterocycles. The summed E-state index contributed by atoms with van der Waals surface area (Å²) < 4.78 is 49.6. The van der Waals surface area contributed by atoms with Crippen molar-refractivity contribution in [3.8, 4) is 11.5 Å². The topological polar surface area (TPSA) is 24.9 Å². The molecule has 0 saturated carbocycles. The van der Waals surface area contributed by atoms with Crippen molar-refractivity contribution in [2.45, 2.75) is 13.0 Å². The summed E-state index contributed by atoms with van der Waals surface area (Å²) >= 11 is 0. The quantitative estimate of drug-likeness (QED) is 0.735. The van der Waals surface area contributed by atoms with E-state index < -0.39 is 6.61 Å². The summed E-state index contributed by atoms with van der Waals surface area (Å²) in [6, 6.07) is 4.77. The number of benzene rings is 1. The summed E-state index contributed by atoms with van der Waals surface area (Å²) in [5.41, 5.74) is 2.90. The van der Waals surface area contributed by atoms with E-state index in [1.54, 1.807) is 18.2 Å². The van der Waals surface area contributed by atoms with Gasteiger partial charge in [0.2, 0.25) is 0 Å². The minimum absolute atomic E-state index is 0.0265. The van der Waals surface area contributed by atoms with Gasteiger partial charge in [-0.3, -0.25) is 4.90 Å². The largest absolute Gasteiger partial charge is 0.489 e. The molecular weight excluding hydrogens is 381 g/mol. The van der Waals surface area contributed by atoms with Crippen LogP contribution in [-0.4, -0.2) is 62.8 Å². The number of hydrogen-bond acceptors (Lipinski definition) is 4. The number of piperazine rings is 1. The van der Waals surface area contributed by atoms with E-state index in [-0.39, 0.29) is 17.5 Å². The molecular formula is C22H25F3N2O2. The third-order valence-electron chi connectivity index (χ3n) is 5.68. The normalized spacial score (nSPS) is 23.1. The third-order valence-corrected chi connectivity index (χ3v) is 5.68. The van der Waals surface area contributed by atoms with E-state index in [0.29, 0.717) is 18.8 Å².